The molecule has 1 atom stereocenters. The Balaban J connectivity index is 3.71. The molecule has 0 aliphatic heterocycles. The lowest BCUT2D eigenvalue weighted by molar-refractivity contribution is -0.143. The van der Waals surface area contributed by atoms with Crippen LogP contribution in [0.4, 0.5) is 0 Å². The lowest BCUT2D eigenvalue weighted by atomic mass is 10.4. The van der Waals surface area contributed by atoms with Crippen molar-refractivity contribution in [3.05, 3.63) is 12.7 Å². The monoisotopic (exact) mass is 202 g/mol. The number of carbonyl (C=O) groups excluding carboxylic acids is 1. The van der Waals surface area contributed by atoms with E-state index in [1.54, 1.807) is 0 Å². The maximum Gasteiger partial charge on any atom is 0.330 e. The molecule has 0 bridgehead atoms. The molecule has 1 unspecified atom stereocenters. The summed E-state index contributed by atoms with van der Waals surface area (Å²) in [7, 11) is 0. The zero-order valence-electron chi connectivity index (χ0n) is 8.82. The van der Waals surface area contributed by atoms with Crippen molar-refractivity contribution in [3.63, 3.8) is 0 Å². The van der Waals surface area contributed by atoms with Crippen LogP contribution in [0, 0.1) is 0 Å². The second-order valence-electron chi connectivity index (χ2n) is 2.57. The van der Waals surface area contributed by atoms with Gasteiger partial charge in [0, 0.05) is 19.3 Å². The Bertz CT molecular complexity index is 168. The zero-order valence-corrected chi connectivity index (χ0v) is 8.82. The van der Waals surface area contributed by atoms with E-state index in [0.717, 1.165) is 6.08 Å². The van der Waals surface area contributed by atoms with Crippen molar-refractivity contribution >= 4 is 5.97 Å². The van der Waals surface area contributed by atoms with Crippen LogP contribution >= 0.6 is 0 Å². The van der Waals surface area contributed by atoms with Gasteiger partial charge >= 0.3 is 5.97 Å². The Morgan fingerprint density at radius 3 is 2.57 bits per heavy atom. The van der Waals surface area contributed by atoms with Crippen LogP contribution in [0.3, 0.4) is 0 Å². The van der Waals surface area contributed by atoms with Crippen LogP contribution in [-0.2, 0) is 19.0 Å². The average Bonchev–Trinajstić information content (AvgIpc) is 2.21. The summed E-state index contributed by atoms with van der Waals surface area (Å²) >= 11 is 0. The first-order valence-corrected chi connectivity index (χ1v) is 4.73. The fourth-order valence-electron chi connectivity index (χ4n) is 0.863. The molecule has 0 saturated carbocycles. The van der Waals surface area contributed by atoms with Gasteiger partial charge < -0.3 is 14.2 Å². The molecule has 4 heteroatoms. The van der Waals surface area contributed by atoms with Crippen LogP contribution in [0.5, 0.6) is 0 Å². The van der Waals surface area contributed by atoms with E-state index >= 15 is 0 Å². The van der Waals surface area contributed by atoms with Crippen molar-refractivity contribution in [2.45, 2.75) is 20.0 Å². The van der Waals surface area contributed by atoms with E-state index in [2.05, 4.69) is 6.58 Å². The van der Waals surface area contributed by atoms with Crippen LogP contribution in [0.2, 0.25) is 0 Å². The quantitative estimate of drug-likeness (QED) is 0.437. The van der Waals surface area contributed by atoms with Gasteiger partial charge in [-0.2, -0.15) is 0 Å². The molecule has 0 rings (SSSR count). The van der Waals surface area contributed by atoms with Gasteiger partial charge in [-0.25, -0.2) is 4.79 Å². The lowest BCUT2D eigenvalue weighted by Gasteiger charge is -2.16. The Hall–Kier alpha value is -0.870. The average molecular weight is 202 g/mol. The fourth-order valence-corrected chi connectivity index (χ4v) is 0.863. The summed E-state index contributed by atoms with van der Waals surface area (Å²) in [5.74, 6) is -0.439. The molecule has 0 saturated heterocycles. The van der Waals surface area contributed by atoms with Crippen molar-refractivity contribution in [3.8, 4) is 0 Å². The van der Waals surface area contributed by atoms with Gasteiger partial charge in [-0.3, -0.25) is 0 Å². The van der Waals surface area contributed by atoms with E-state index in [1.807, 2.05) is 13.8 Å². The molecule has 14 heavy (non-hydrogen) atoms. The highest BCUT2D eigenvalue weighted by molar-refractivity contribution is 5.81. The first-order valence-electron chi connectivity index (χ1n) is 4.73. The Morgan fingerprint density at radius 2 is 2.07 bits per heavy atom. The molecule has 0 spiro atoms. The van der Waals surface area contributed by atoms with E-state index in [9.17, 15) is 4.79 Å². The fraction of sp³-hybridized carbons (Fsp3) is 0.700. The van der Waals surface area contributed by atoms with Crippen LogP contribution < -0.4 is 0 Å². The van der Waals surface area contributed by atoms with Crippen LogP contribution in [-0.4, -0.2) is 38.5 Å². The van der Waals surface area contributed by atoms with Gasteiger partial charge in [0.2, 0.25) is 0 Å². The Labute approximate surface area is 84.8 Å². The molecular formula is C10H18O4. The van der Waals surface area contributed by atoms with Gasteiger partial charge in [0.15, 0.2) is 0 Å². The van der Waals surface area contributed by atoms with Crippen molar-refractivity contribution in [2.75, 3.05) is 26.4 Å². The first-order chi connectivity index (χ1) is 6.74. The molecule has 0 aliphatic rings. The molecule has 0 aromatic carbocycles. The van der Waals surface area contributed by atoms with Gasteiger partial charge in [-0.1, -0.05) is 6.58 Å². The van der Waals surface area contributed by atoms with Gasteiger partial charge in [-0.15, -0.1) is 0 Å². The number of hydrogen-bond acceptors (Lipinski definition) is 4. The number of carbonyl (C=O) groups is 1. The van der Waals surface area contributed by atoms with Crippen LogP contribution in [0.25, 0.3) is 0 Å². The molecule has 0 radical (unpaired) electrons. The highest BCUT2D eigenvalue weighted by Gasteiger charge is 2.10. The van der Waals surface area contributed by atoms with E-state index in [4.69, 9.17) is 14.2 Å². The lowest BCUT2D eigenvalue weighted by Crippen LogP contribution is -2.26. The van der Waals surface area contributed by atoms with Crippen LogP contribution in [0.1, 0.15) is 13.8 Å². The predicted octanol–water partition coefficient (Wildman–Crippen LogP) is 1.16. The van der Waals surface area contributed by atoms with Gasteiger partial charge in [0.05, 0.1) is 6.61 Å². The normalized spacial score (nSPS) is 12.1. The van der Waals surface area contributed by atoms with Gasteiger partial charge in [-0.05, 0) is 13.8 Å². The molecule has 0 aliphatic carbocycles. The SMILES string of the molecule is C=CC(=O)OCC(COCC)OCC. The molecule has 0 N–H and O–H groups in total. The van der Waals surface area contributed by atoms with Crippen molar-refractivity contribution in [1.29, 1.82) is 0 Å². The number of ether oxygens (including phenoxy) is 3. The van der Waals surface area contributed by atoms with E-state index in [1.165, 1.54) is 0 Å². The summed E-state index contributed by atoms with van der Waals surface area (Å²) in [6.45, 7) is 8.93. The third-order valence-electron chi connectivity index (χ3n) is 1.49. The minimum Gasteiger partial charge on any atom is -0.460 e. The number of hydrogen-bond donors (Lipinski definition) is 0. The van der Waals surface area contributed by atoms with Crippen molar-refractivity contribution in [1.82, 2.24) is 0 Å². The Kier molecular flexibility index (Phi) is 8.17. The van der Waals surface area contributed by atoms with Gasteiger partial charge in [0.25, 0.3) is 0 Å². The summed E-state index contributed by atoms with van der Waals surface area (Å²) in [4.78, 5) is 10.8. The van der Waals surface area contributed by atoms with Crippen LogP contribution in [0.15, 0.2) is 12.7 Å². The number of esters is 1. The predicted molar refractivity (Wildman–Crippen MR) is 53.1 cm³/mol. The molecule has 0 heterocycles. The zero-order chi connectivity index (χ0) is 10.8. The van der Waals surface area contributed by atoms with Gasteiger partial charge in [0.1, 0.15) is 12.7 Å². The third-order valence-corrected chi connectivity index (χ3v) is 1.49. The molecule has 0 amide bonds. The van der Waals surface area contributed by atoms with Crippen molar-refractivity contribution in [2.24, 2.45) is 0 Å². The summed E-state index contributed by atoms with van der Waals surface area (Å²) in [6.07, 6.45) is 0.938. The maximum atomic E-state index is 10.8. The Morgan fingerprint density at radius 1 is 1.36 bits per heavy atom. The third kappa shape index (κ3) is 6.62. The summed E-state index contributed by atoms with van der Waals surface area (Å²) in [6, 6.07) is 0. The highest BCUT2D eigenvalue weighted by Crippen LogP contribution is 1.96. The number of rotatable bonds is 8. The molecule has 0 aromatic heterocycles. The minimum absolute atomic E-state index is 0.191. The molecule has 4 nitrogen and oxygen atoms in total. The topological polar surface area (TPSA) is 44.8 Å². The molecule has 82 valence electrons. The highest BCUT2D eigenvalue weighted by atomic mass is 16.6. The maximum absolute atomic E-state index is 10.8. The van der Waals surface area contributed by atoms with Crippen molar-refractivity contribution < 1.29 is 19.0 Å². The second-order valence-corrected chi connectivity index (χ2v) is 2.57. The molecule has 0 aromatic rings. The largest absolute Gasteiger partial charge is 0.460 e. The standard InChI is InChI=1S/C10H18O4/c1-4-10(11)14-8-9(13-6-3)7-12-5-2/h4,9H,1,5-8H2,2-3H3. The summed E-state index contributed by atoms with van der Waals surface area (Å²) < 4.78 is 15.3. The van der Waals surface area contributed by atoms with E-state index in [-0.39, 0.29) is 12.7 Å². The smallest absolute Gasteiger partial charge is 0.330 e. The second kappa shape index (κ2) is 8.72. The first kappa shape index (κ1) is 13.1. The minimum atomic E-state index is -0.439. The molecule has 0 fully saturated rings. The summed E-state index contributed by atoms with van der Waals surface area (Å²) in [5.41, 5.74) is 0. The van der Waals surface area contributed by atoms with E-state index in [0.29, 0.717) is 19.8 Å². The summed E-state index contributed by atoms with van der Waals surface area (Å²) in [5, 5.41) is 0. The van der Waals surface area contributed by atoms with E-state index < -0.39 is 5.97 Å². The molecular weight excluding hydrogens is 184 g/mol.